The lowest BCUT2D eigenvalue weighted by atomic mass is 9.93. The van der Waals surface area contributed by atoms with Crippen LogP contribution in [0, 0.1) is 12.8 Å². The Balaban J connectivity index is 1.79. The summed E-state index contributed by atoms with van der Waals surface area (Å²) in [6.45, 7) is 3.32. The van der Waals surface area contributed by atoms with Crippen LogP contribution in [0.5, 0.6) is 0 Å². The summed E-state index contributed by atoms with van der Waals surface area (Å²) in [6, 6.07) is 5.68. The molecule has 1 amide bonds. The predicted octanol–water partition coefficient (Wildman–Crippen LogP) is 3.12. The molecule has 1 aliphatic carbocycles. The Morgan fingerprint density at radius 1 is 1.42 bits per heavy atom. The van der Waals surface area contributed by atoms with E-state index in [9.17, 15) is 4.79 Å². The first-order valence-corrected chi connectivity index (χ1v) is 8.47. The molecule has 2 heterocycles. The summed E-state index contributed by atoms with van der Waals surface area (Å²) in [6.07, 6.45) is 11.1. The number of hydrogen-bond donors (Lipinski definition) is 0. The molecule has 2 aromatic heterocycles. The van der Waals surface area contributed by atoms with E-state index in [0.29, 0.717) is 18.0 Å². The van der Waals surface area contributed by atoms with Gasteiger partial charge in [0.25, 0.3) is 5.91 Å². The van der Waals surface area contributed by atoms with Gasteiger partial charge in [-0.15, -0.1) is 0 Å². The highest BCUT2D eigenvalue weighted by molar-refractivity contribution is 5.93. The van der Waals surface area contributed by atoms with Crippen molar-refractivity contribution in [2.45, 2.75) is 32.7 Å². The van der Waals surface area contributed by atoms with Crippen LogP contribution in [0.3, 0.4) is 0 Å². The van der Waals surface area contributed by atoms with Gasteiger partial charge >= 0.3 is 0 Å². The molecule has 0 aliphatic heterocycles. The maximum Gasteiger partial charge on any atom is 0.255 e. The summed E-state index contributed by atoms with van der Waals surface area (Å²) >= 11 is 0. The highest BCUT2D eigenvalue weighted by Crippen LogP contribution is 2.21. The Bertz CT molecular complexity index is 701. The van der Waals surface area contributed by atoms with Gasteiger partial charge in [-0.3, -0.25) is 14.5 Å². The molecule has 3 rings (SSSR count). The van der Waals surface area contributed by atoms with Crippen molar-refractivity contribution in [1.29, 1.82) is 0 Å². The van der Waals surface area contributed by atoms with Crippen LogP contribution in [-0.4, -0.2) is 32.1 Å². The molecule has 1 unspecified atom stereocenters. The molecule has 0 saturated carbocycles. The summed E-state index contributed by atoms with van der Waals surface area (Å²) in [5, 5.41) is 4.51. The number of carbonyl (C=O) groups excluding carboxylic acids is 1. The second-order valence-electron chi connectivity index (χ2n) is 6.48. The largest absolute Gasteiger partial charge is 0.332 e. The molecular formula is C19H24N4O. The van der Waals surface area contributed by atoms with Crippen LogP contribution < -0.4 is 0 Å². The van der Waals surface area contributed by atoms with E-state index in [1.54, 1.807) is 18.5 Å². The molecule has 0 aromatic carbocycles. The lowest BCUT2D eigenvalue weighted by molar-refractivity contribution is 0.0707. The number of amides is 1. The van der Waals surface area contributed by atoms with Gasteiger partial charge in [-0.1, -0.05) is 12.2 Å². The van der Waals surface area contributed by atoms with Crippen molar-refractivity contribution < 1.29 is 4.79 Å². The maximum absolute atomic E-state index is 12.9. The van der Waals surface area contributed by atoms with Crippen LogP contribution in [0.15, 0.2) is 42.7 Å². The first-order chi connectivity index (χ1) is 11.6. The van der Waals surface area contributed by atoms with Crippen LogP contribution in [0.2, 0.25) is 0 Å². The average Bonchev–Trinajstić information content (AvgIpc) is 2.93. The highest BCUT2D eigenvalue weighted by atomic mass is 16.2. The Morgan fingerprint density at radius 2 is 2.29 bits per heavy atom. The molecule has 126 valence electrons. The van der Waals surface area contributed by atoms with Crippen LogP contribution >= 0.6 is 0 Å². The van der Waals surface area contributed by atoms with E-state index in [1.165, 1.54) is 0 Å². The second kappa shape index (κ2) is 7.43. The van der Waals surface area contributed by atoms with Crippen LogP contribution in [0.1, 0.15) is 41.0 Å². The minimum atomic E-state index is 0.0287. The number of carbonyl (C=O) groups is 1. The molecule has 1 atom stereocenters. The van der Waals surface area contributed by atoms with Gasteiger partial charge in [0.15, 0.2) is 0 Å². The molecule has 0 saturated heterocycles. The third kappa shape index (κ3) is 3.91. The number of allylic oxidation sites excluding steroid dienone is 2. The number of nitrogens with zero attached hydrogens (tertiary/aromatic N) is 4. The summed E-state index contributed by atoms with van der Waals surface area (Å²) < 4.78 is 1.85. The maximum atomic E-state index is 12.9. The van der Waals surface area contributed by atoms with Gasteiger partial charge in [-0.2, -0.15) is 5.10 Å². The quantitative estimate of drug-likeness (QED) is 0.794. The number of aromatic nitrogens is 3. The predicted molar refractivity (Wildman–Crippen MR) is 93.4 cm³/mol. The standard InChI is InChI=1S/C19H24N4O/c1-15-11-18(21-22(15)2)14-23(13-16-7-4-3-5-8-16)19(24)17-9-6-10-20-12-17/h3-4,6,9-12,16H,5,7-8,13-14H2,1-2H3. The lowest BCUT2D eigenvalue weighted by Gasteiger charge is -2.28. The van der Waals surface area contributed by atoms with Gasteiger partial charge < -0.3 is 4.90 Å². The van der Waals surface area contributed by atoms with Crippen LogP contribution in [0.25, 0.3) is 0 Å². The first-order valence-electron chi connectivity index (χ1n) is 8.47. The van der Waals surface area contributed by atoms with Crippen molar-refractivity contribution in [2.24, 2.45) is 13.0 Å². The van der Waals surface area contributed by atoms with Crippen molar-refractivity contribution in [1.82, 2.24) is 19.7 Å². The number of rotatable bonds is 5. The molecule has 5 heteroatoms. The zero-order valence-corrected chi connectivity index (χ0v) is 14.4. The monoisotopic (exact) mass is 324 g/mol. The first kappa shape index (κ1) is 16.4. The molecule has 0 spiro atoms. The lowest BCUT2D eigenvalue weighted by Crippen LogP contribution is -2.35. The Labute approximate surface area is 143 Å². The highest BCUT2D eigenvalue weighted by Gasteiger charge is 2.22. The van der Waals surface area contributed by atoms with E-state index in [0.717, 1.165) is 37.2 Å². The summed E-state index contributed by atoms with van der Waals surface area (Å²) in [7, 11) is 1.93. The van der Waals surface area contributed by atoms with Crippen molar-refractivity contribution in [3.8, 4) is 0 Å². The molecule has 2 aromatic rings. The minimum absolute atomic E-state index is 0.0287. The molecular weight excluding hydrogens is 300 g/mol. The van der Waals surface area contributed by atoms with E-state index < -0.39 is 0 Å². The Morgan fingerprint density at radius 3 is 2.92 bits per heavy atom. The third-order valence-corrected chi connectivity index (χ3v) is 4.57. The zero-order valence-electron chi connectivity index (χ0n) is 14.4. The normalized spacial score (nSPS) is 17.0. The van der Waals surface area contributed by atoms with Gasteiger partial charge in [0.1, 0.15) is 0 Å². The molecule has 0 fully saturated rings. The van der Waals surface area contributed by atoms with Gasteiger partial charge in [-0.25, -0.2) is 0 Å². The molecule has 24 heavy (non-hydrogen) atoms. The van der Waals surface area contributed by atoms with E-state index >= 15 is 0 Å². The summed E-state index contributed by atoms with van der Waals surface area (Å²) in [5.41, 5.74) is 2.66. The summed E-state index contributed by atoms with van der Waals surface area (Å²) in [4.78, 5) is 18.9. The third-order valence-electron chi connectivity index (χ3n) is 4.57. The second-order valence-corrected chi connectivity index (χ2v) is 6.48. The van der Waals surface area contributed by atoms with Gasteiger partial charge in [0, 0.05) is 31.7 Å². The number of hydrogen-bond acceptors (Lipinski definition) is 3. The van der Waals surface area contributed by atoms with Crippen LogP contribution in [0.4, 0.5) is 0 Å². The number of aryl methyl sites for hydroxylation is 2. The van der Waals surface area contributed by atoms with E-state index in [1.807, 2.05) is 35.7 Å². The van der Waals surface area contributed by atoms with E-state index in [-0.39, 0.29) is 5.91 Å². The van der Waals surface area contributed by atoms with Crippen molar-refractivity contribution in [2.75, 3.05) is 6.54 Å². The molecule has 0 N–H and O–H groups in total. The fraction of sp³-hybridized carbons (Fsp3) is 0.421. The molecule has 1 aliphatic rings. The van der Waals surface area contributed by atoms with Crippen molar-refractivity contribution in [3.63, 3.8) is 0 Å². The SMILES string of the molecule is Cc1cc(CN(CC2CC=CCC2)C(=O)c2cccnc2)nn1C. The summed E-state index contributed by atoms with van der Waals surface area (Å²) in [5.74, 6) is 0.543. The molecule has 0 radical (unpaired) electrons. The van der Waals surface area contributed by atoms with Gasteiger partial charge in [0.05, 0.1) is 17.8 Å². The average molecular weight is 324 g/mol. The topological polar surface area (TPSA) is 51.0 Å². The van der Waals surface area contributed by atoms with Crippen LogP contribution in [-0.2, 0) is 13.6 Å². The van der Waals surface area contributed by atoms with Gasteiger partial charge in [0.2, 0.25) is 0 Å². The fourth-order valence-electron chi connectivity index (χ4n) is 3.13. The Hall–Kier alpha value is -2.43. The van der Waals surface area contributed by atoms with Gasteiger partial charge in [-0.05, 0) is 50.3 Å². The number of pyridine rings is 1. The minimum Gasteiger partial charge on any atom is -0.332 e. The van der Waals surface area contributed by atoms with E-state index in [2.05, 4.69) is 22.2 Å². The molecule has 5 nitrogen and oxygen atoms in total. The Kier molecular flexibility index (Phi) is 5.08. The molecule has 0 bridgehead atoms. The van der Waals surface area contributed by atoms with Crippen molar-refractivity contribution in [3.05, 3.63) is 59.7 Å². The smallest absolute Gasteiger partial charge is 0.255 e. The zero-order chi connectivity index (χ0) is 16.9. The van der Waals surface area contributed by atoms with Crippen molar-refractivity contribution >= 4 is 5.91 Å². The van der Waals surface area contributed by atoms with E-state index in [4.69, 9.17) is 0 Å². The fourth-order valence-corrected chi connectivity index (χ4v) is 3.13.